The summed E-state index contributed by atoms with van der Waals surface area (Å²) < 4.78 is 7.40. The molecule has 2 aliphatic heterocycles. The Morgan fingerprint density at radius 3 is 3.11 bits per heavy atom. The van der Waals surface area contributed by atoms with Gasteiger partial charge in [-0.05, 0) is 0 Å². The highest BCUT2D eigenvalue weighted by Crippen LogP contribution is 2.47. The molecule has 100 valence electrons. The SMILES string of the molecule is Nc1ncnc2c1nc1n2[C@@H]2O[C@H](CO)[C@H](S1)[C@H]2O. The van der Waals surface area contributed by atoms with E-state index in [0.29, 0.717) is 22.1 Å². The molecule has 4 atom stereocenters. The van der Waals surface area contributed by atoms with Gasteiger partial charge in [-0.25, -0.2) is 15.0 Å². The van der Waals surface area contributed by atoms with Crippen molar-refractivity contribution in [1.82, 2.24) is 19.5 Å². The highest BCUT2D eigenvalue weighted by atomic mass is 32.2. The van der Waals surface area contributed by atoms with Crippen LogP contribution in [0.3, 0.4) is 0 Å². The molecule has 4 heterocycles. The molecule has 2 aromatic heterocycles. The number of hydrogen-bond donors (Lipinski definition) is 3. The highest BCUT2D eigenvalue weighted by molar-refractivity contribution is 8.00. The lowest BCUT2D eigenvalue weighted by Gasteiger charge is -2.24. The molecule has 0 radical (unpaired) electrons. The Bertz CT molecular complexity index is 662. The zero-order chi connectivity index (χ0) is 13.1. The number of aliphatic hydroxyl groups excluding tert-OH is 2. The number of anilines is 1. The van der Waals surface area contributed by atoms with Crippen LogP contribution < -0.4 is 5.73 Å². The summed E-state index contributed by atoms with van der Waals surface area (Å²) in [5.74, 6) is 0.302. The molecular formula is C10H11N5O3S. The number of ether oxygens (including phenoxy) is 1. The van der Waals surface area contributed by atoms with Gasteiger partial charge in [-0.15, -0.1) is 0 Å². The standard InChI is InChI=1S/C10H11N5O3S/c11-7-4-8(13-2-12-7)15-9-5(17)6(3(1-16)18-9)19-10(15)14-4/h2-3,5-6,9,16-17H,1H2,(H2,11,12,13)/t3-,5-,6+,9-/m1/s1. The summed E-state index contributed by atoms with van der Waals surface area (Å²) in [6, 6.07) is 0. The van der Waals surface area contributed by atoms with Gasteiger partial charge >= 0.3 is 0 Å². The van der Waals surface area contributed by atoms with Crippen molar-refractivity contribution in [2.75, 3.05) is 12.3 Å². The molecule has 9 heteroatoms. The fourth-order valence-electron chi connectivity index (χ4n) is 2.57. The number of thioether (sulfide) groups is 1. The van der Waals surface area contributed by atoms with Gasteiger partial charge in [0, 0.05) is 0 Å². The van der Waals surface area contributed by atoms with E-state index >= 15 is 0 Å². The summed E-state index contributed by atoms with van der Waals surface area (Å²) in [7, 11) is 0. The van der Waals surface area contributed by atoms with Gasteiger partial charge in [-0.1, -0.05) is 11.8 Å². The minimum absolute atomic E-state index is 0.134. The third-order valence-corrected chi connectivity index (χ3v) is 4.81. The van der Waals surface area contributed by atoms with E-state index in [2.05, 4.69) is 15.0 Å². The third-order valence-electron chi connectivity index (χ3n) is 3.46. The maximum atomic E-state index is 10.2. The second-order valence-corrected chi connectivity index (χ2v) is 5.66. The molecule has 0 aliphatic carbocycles. The largest absolute Gasteiger partial charge is 0.394 e. The van der Waals surface area contributed by atoms with Gasteiger partial charge in [0.25, 0.3) is 0 Å². The molecule has 0 unspecified atom stereocenters. The first kappa shape index (κ1) is 11.4. The Morgan fingerprint density at radius 2 is 2.32 bits per heavy atom. The lowest BCUT2D eigenvalue weighted by atomic mass is 10.2. The Hall–Kier alpha value is -1.42. The van der Waals surface area contributed by atoms with Gasteiger partial charge in [-0.2, -0.15) is 0 Å². The average Bonchev–Trinajstić information content (AvgIpc) is 2.86. The van der Waals surface area contributed by atoms with Gasteiger partial charge in [0.05, 0.1) is 18.0 Å². The van der Waals surface area contributed by atoms with Gasteiger partial charge in [-0.3, -0.25) is 4.57 Å². The second-order valence-electron chi connectivity index (χ2n) is 4.52. The van der Waals surface area contributed by atoms with E-state index in [0.717, 1.165) is 0 Å². The van der Waals surface area contributed by atoms with Crippen LogP contribution in [0.4, 0.5) is 5.82 Å². The van der Waals surface area contributed by atoms with Crippen LogP contribution in [0.2, 0.25) is 0 Å². The molecule has 1 fully saturated rings. The van der Waals surface area contributed by atoms with Crippen molar-refractivity contribution in [1.29, 1.82) is 0 Å². The smallest absolute Gasteiger partial charge is 0.173 e. The lowest BCUT2D eigenvalue weighted by molar-refractivity contribution is -0.0523. The van der Waals surface area contributed by atoms with E-state index in [9.17, 15) is 10.2 Å². The molecule has 0 aromatic carbocycles. The van der Waals surface area contributed by atoms with E-state index in [1.54, 1.807) is 4.57 Å². The molecular weight excluding hydrogens is 270 g/mol. The molecule has 4 rings (SSSR count). The van der Waals surface area contributed by atoms with E-state index in [1.807, 2.05) is 0 Å². The third kappa shape index (κ3) is 1.38. The van der Waals surface area contributed by atoms with Crippen LogP contribution in [0.15, 0.2) is 11.5 Å². The maximum Gasteiger partial charge on any atom is 0.173 e. The lowest BCUT2D eigenvalue weighted by Crippen LogP contribution is -2.34. The van der Waals surface area contributed by atoms with Gasteiger partial charge in [0.15, 0.2) is 28.4 Å². The molecule has 0 amide bonds. The summed E-state index contributed by atoms with van der Waals surface area (Å²) in [5.41, 5.74) is 6.82. The highest BCUT2D eigenvalue weighted by Gasteiger charge is 2.50. The Kier molecular flexibility index (Phi) is 2.28. The maximum absolute atomic E-state index is 10.2. The van der Waals surface area contributed by atoms with Crippen molar-refractivity contribution in [3.8, 4) is 0 Å². The topological polar surface area (TPSA) is 119 Å². The quantitative estimate of drug-likeness (QED) is 0.617. The zero-order valence-electron chi connectivity index (χ0n) is 9.67. The van der Waals surface area contributed by atoms with Crippen LogP contribution >= 0.6 is 11.8 Å². The first-order valence-corrected chi connectivity index (χ1v) is 6.68. The first-order chi connectivity index (χ1) is 9.20. The molecule has 2 bridgehead atoms. The van der Waals surface area contributed by atoms with Crippen molar-refractivity contribution in [3.63, 3.8) is 0 Å². The summed E-state index contributed by atoms with van der Waals surface area (Å²) in [6.45, 7) is -0.134. The van der Waals surface area contributed by atoms with Gasteiger partial charge in [0.2, 0.25) is 0 Å². The average molecular weight is 281 g/mol. The molecule has 0 spiro atoms. The van der Waals surface area contributed by atoms with E-state index in [-0.39, 0.29) is 11.9 Å². The van der Waals surface area contributed by atoms with Crippen LogP contribution in [0.5, 0.6) is 0 Å². The van der Waals surface area contributed by atoms with E-state index in [1.165, 1.54) is 18.1 Å². The molecule has 8 nitrogen and oxygen atoms in total. The number of nitrogen functional groups attached to an aromatic ring is 1. The minimum atomic E-state index is -0.705. The van der Waals surface area contributed by atoms with Crippen LogP contribution in [-0.4, -0.2) is 53.8 Å². The fraction of sp³-hybridized carbons (Fsp3) is 0.500. The Morgan fingerprint density at radius 1 is 1.47 bits per heavy atom. The number of aliphatic hydroxyl groups is 2. The number of fused-ring (bicyclic) bond motifs is 6. The number of rotatable bonds is 1. The van der Waals surface area contributed by atoms with Crippen molar-refractivity contribution in [2.24, 2.45) is 0 Å². The molecule has 2 aliphatic rings. The summed E-state index contributed by atoms with van der Waals surface area (Å²) in [6.07, 6.45) is -0.337. The molecule has 2 aromatic rings. The molecule has 1 saturated heterocycles. The molecule has 4 N–H and O–H groups in total. The Balaban J connectivity index is 1.93. The van der Waals surface area contributed by atoms with Crippen LogP contribution in [0, 0.1) is 0 Å². The van der Waals surface area contributed by atoms with Crippen LogP contribution in [0.25, 0.3) is 11.2 Å². The van der Waals surface area contributed by atoms with Crippen LogP contribution in [-0.2, 0) is 4.74 Å². The van der Waals surface area contributed by atoms with Crippen molar-refractivity contribution >= 4 is 28.7 Å². The van der Waals surface area contributed by atoms with Crippen molar-refractivity contribution in [2.45, 2.75) is 28.8 Å². The molecule has 19 heavy (non-hydrogen) atoms. The monoisotopic (exact) mass is 281 g/mol. The minimum Gasteiger partial charge on any atom is -0.394 e. The number of nitrogens with two attached hydrogens (primary N) is 1. The van der Waals surface area contributed by atoms with E-state index < -0.39 is 18.4 Å². The predicted molar refractivity (Wildman–Crippen MR) is 66.4 cm³/mol. The van der Waals surface area contributed by atoms with Gasteiger partial charge in [0.1, 0.15) is 12.4 Å². The summed E-state index contributed by atoms with van der Waals surface area (Å²) in [5, 5.41) is 20.0. The van der Waals surface area contributed by atoms with Crippen LogP contribution in [0.1, 0.15) is 6.23 Å². The van der Waals surface area contributed by atoms with Gasteiger partial charge < -0.3 is 20.7 Å². The molecule has 0 saturated carbocycles. The second kappa shape index (κ2) is 3.79. The normalized spacial score (nSPS) is 32.7. The number of nitrogens with zero attached hydrogens (tertiary/aromatic N) is 4. The number of imidazole rings is 1. The first-order valence-electron chi connectivity index (χ1n) is 5.80. The zero-order valence-corrected chi connectivity index (χ0v) is 10.5. The number of aromatic nitrogens is 4. The summed E-state index contributed by atoms with van der Waals surface area (Å²) in [4.78, 5) is 12.5. The summed E-state index contributed by atoms with van der Waals surface area (Å²) >= 11 is 1.37. The van der Waals surface area contributed by atoms with Crippen molar-refractivity contribution < 1.29 is 14.9 Å². The fourth-order valence-corrected chi connectivity index (χ4v) is 3.83. The van der Waals surface area contributed by atoms with E-state index in [4.69, 9.17) is 10.5 Å². The van der Waals surface area contributed by atoms with Crippen molar-refractivity contribution in [3.05, 3.63) is 6.33 Å². The predicted octanol–water partition coefficient (Wildman–Crippen LogP) is -0.867. The number of hydrogen-bond acceptors (Lipinski definition) is 8. The Labute approximate surface area is 111 Å².